The number of hydrogen-bond acceptors (Lipinski definition) is 4. The van der Waals surface area contributed by atoms with Crippen LogP contribution in [0.5, 0.6) is 0 Å². The first-order chi connectivity index (χ1) is 9.19. The summed E-state index contributed by atoms with van der Waals surface area (Å²) in [7, 11) is -1.93. The maximum atomic E-state index is 8.92. The van der Waals surface area contributed by atoms with Crippen LogP contribution in [0, 0.1) is 11.3 Å². The SMILES string of the molecule is CC(C)(C)[Si](C)(C)OC(Cc1cccc(C#N)c1)ON. The van der Waals surface area contributed by atoms with Crippen LogP contribution in [0.4, 0.5) is 0 Å². The molecule has 4 nitrogen and oxygen atoms in total. The molecule has 1 rings (SSSR count). The van der Waals surface area contributed by atoms with Crippen molar-refractivity contribution >= 4 is 8.32 Å². The van der Waals surface area contributed by atoms with E-state index in [2.05, 4.69) is 39.9 Å². The van der Waals surface area contributed by atoms with Crippen molar-refractivity contribution in [3.05, 3.63) is 35.4 Å². The van der Waals surface area contributed by atoms with Gasteiger partial charge in [0, 0.05) is 6.42 Å². The van der Waals surface area contributed by atoms with Gasteiger partial charge in [0.2, 0.25) is 0 Å². The molecule has 0 heterocycles. The quantitative estimate of drug-likeness (QED) is 0.513. The van der Waals surface area contributed by atoms with Crippen LogP contribution in [0.2, 0.25) is 18.1 Å². The lowest BCUT2D eigenvalue weighted by Gasteiger charge is -2.38. The Labute approximate surface area is 122 Å². The molecule has 0 bridgehead atoms. The molecule has 1 atom stereocenters. The highest BCUT2D eigenvalue weighted by Gasteiger charge is 2.39. The van der Waals surface area contributed by atoms with Gasteiger partial charge in [0.1, 0.15) is 0 Å². The first-order valence-corrected chi connectivity index (χ1v) is 9.63. The van der Waals surface area contributed by atoms with E-state index in [1.807, 2.05) is 18.2 Å². The molecule has 0 aliphatic carbocycles. The normalized spacial score (nSPS) is 13.8. The van der Waals surface area contributed by atoms with Gasteiger partial charge < -0.3 is 4.43 Å². The van der Waals surface area contributed by atoms with Gasteiger partial charge in [-0.3, -0.25) is 4.84 Å². The predicted molar refractivity (Wildman–Crippen MR) is 82.2 cm³/mol. The zero-order chi connectivity index (χ0) is 15.4. The Morgan fingerprint density at radius 2 is 2.00 bits per heavy atom. The second kappa shape index (κ2) is 6.51. The Hall–Kier alpha value is -1.19. The van der Waals surface area contributed by atoms with Crippen LogP contribution in [0.1, 0.15) is 31.9 Å². The fourth-order valence-electron chi connectivity index (χ4n) is 1.58. The summed E-state index contributed by atoms with van der Waals surface area (Å²) in [5.74, 6) is 5.37. The van der Waals surface area contributed by atoms with Crippen molar-refractivity contribution in [2.24, 2.45) is 5.90 Å². The van der Waals surface area contributed by atoms with Crippen LogP contribution < -0.4 is 5.90 Å². The molecule has 0 fully saturated rings. The van der Waals surface area contributed by atoms with Crippen molar-refractivity contribution in [2.75, 3.05) is 0 Å². The van der Waals surface area contributed by atoms with Crippen LogP contribution in [-0.4, -0.2) is 14.6 Å². The molecular weight excluding hydrogens is 268 g/mol. The van der Waals surface area contributed by atoms with Gasteiger partial charge in [-0.2, -0.15) is 5.26 Å². The number of nitrogens with zero attached hydrogens (tertiary/aromatic N) is 1. The van der Waals surface area contributed by atoms with Gasteiger partial charge in [0.05, 0.1) is 11.6 Å². The molecule has 0 aromatic heterocycles. The molecule has 1 aromatic carbocycles. The molecule has 110 valence electrons. The van der Waals surface area contributed by atoms with E-state index in [0.29, 0.717) is 12.0 Å². The first-order valence-electron chi connectivity index (χ1n) is 6.72. The summed E-state index contributed by atoms with van der Waals surface area (Å²) in [6.07, 6.45) is 0.0586. The van der Waals surface area contributed by atoms with Gasteiger partial charge >= 0.3 is 0 Å². The molecule has 1 unspecified atom stereocenters. The summed E-state index contributed by atoms with van der Waals surface area (Å²) in [5, 5.41) is 9.01. The van der Waals surface area contributed by atoms with E-state index in [1.165, 1.54) is 0 Å². The molecule has 0 amide bonds. The molecule has 20 heavy (non-hydrogen) atoms. The van der Waals surface area contributed by atoms with Crippen LogP contribution in [-0.2, 0) is 15.7 Å². The maximum Gasteiger partial charge on any atom is 0.195 e. The summed E-state index contributed by atoms with van der Waals surface area (Å²) in [6.45, 7) is 10.8. The summed E-state index contributed by atoms with van der Waals surface area (Å²) >= 11 is 0. The van der Waals surface area contributed by atoms with E-state index in [9.17, 15) is 0 Å². The first kappa shape index (κ1) is 16.9. The minimum absolute atomic E-state index is 0.0955. The molecule has 0 saturated heterocycles. The maximum absolute atomic E-state index is 8.92. The van der Waals surface area contributed by atoms with Crippen molar-refractivity contribution < 1.29 is 9.26 Å². The third-order valence-electron chi connectivity index (χ3n) is 3.84. The van der Waals surface area contributed by atoms with Gasteiger partial charge in [-0.1, -0.05) is 32.9 Å². The van der Waals surface area contributed by atoms with E-state index in [0.717, 1.165) is 5.56 Å². The summed E-state index contributed by atoms with van der Waals surface area (Å²) in [4.78, 5) is 4.99. The Kier molecular flexibility index (Phi) is 5.48. The van der Waals surface area contributed by atoms with Gasteiger partial charge in [-0.15, -0.1) is 0 Å². The second-order valence-corrected chi connectivity index (χ2v) is 11.2. The van der Waals surface area contributed by atoms with Crippen molar-refractivity contribution in [2.45, 2.75) is 51.6 Å². The number of nitrogens with two attached hydrogens (primary N) is 1. The molecule has 0 spiro atoms. The van der Waals surface area contributed by atoms with Crippen molar-refractivity contribution in [1.82, 2.24) is 0 Å². The zero-order valence-electron chi connectivity index (χ0n) is 12.9. The Balaban J connectivity index is 2.80. The Bertz CT molecular complexity index is 489. The second-order valence-electron chi connectivity index (χ2n) is 6.46. The van der Waals surface area contributed by atoms with E-state index < -0.39 is 14.6 Å². The lowest BCUT2D eigenvalue weighted by atomic mass is 10.1. The fourth-order valence-corrected chi connectivity index (χ4v) is 2.73. The Morgan fingerprint density at radius 3 is 2.50 bits per heavy atom. The number of rotatable bonds is 5. The number of benzene rings is 1. The average molecular weight is 292 g/mol. The van der Waals surface area contributed by atoms with E-state index >= 15 is 0 Å². The van der Waals surface area contributed by atoms with Crippen LogP contribution in [0.3, 0.4) is 0 Å². The molecule has 1 aromatic rings. The van der Waals surface area contributed by atoms with Crippen molar-refractivity contribution in [3.8, 4) is 6.07 Å². The highest BCUT2D eigenvalue weighted by molar-refractivity contribution is 6.74. The zero-order valence-corrected chi connectivity index (χ0v) is 13.9. The molecule has 0 aliphatic heterocycles. The smallest absolute Gasteiger partial charge is 0.195 e. The van der Waals surface area contributed by atoms with Gasteiger partial charge in [0.25, 0.3) is 0 Å². The molecular formula is C15H24N2O2Si. The summed E-state index contributed by atoms with van der Waals surface area (Å²) in [6, 6.07) is 9.54. The largest absolute Gasteiger partial charge is 0.391 e. The molecule has 0 radical (unpaired) electrons. The van der Waals surface area contributed by atoms with Gasteiger partial charge in [-0.05, 0) is 35.8 Å². The van der Waals surface area contributed by atoms with Crippen LogP contribution >= 0.6 is 0 Å². The van der Waals surface area contributed by atoms with Crippen molar-refractivity contribution in [1.29, 1.82) is 5.26 Å². The summed E-state index contributed by atoms with van der Waals surface area (Å²) < 4.78 is 6.14. The lowest BCUT2D eigenvalue weighted by molar-refractivity contribution is -0.0897. The van der Waals surface area contributed by atoms with Crippen LogP contribution in [0.15, 0.2) is 24.3 Å². The van der Waals surface area contributed by atoms with E-state index in [1.54, 1.807) is 6.07 Å². The van der Waals surface area contributed by atoms with Crippen LogP contribution in [0.25, 0.3) is 0 Å². The number of hydrogen-bond donors (Lipinski definition) is 1. The fraction of sp³-hybridized carbons (Fsp3) is 0.533. The highest BCUT2D eigenvalue weighted by atomic mass is 28.4. The third kappa shape index (κ3) is 4.42. The predicted octanol–water partition coefficient (Wildman–Crippen LogP) is 3.34. The standard InChI is InChI=1S/C15H24N2O2Si/c1-15(2,3)20(4,5)19-14(18-17)10-12-7-6-8-13(9-12)11-16/h6-9,14H,10,17H2,1-5H3. The number of nitriles is 1. The minimum Gasteiger partial charge on any atom is -0.391 e. The molecule has 5 heteroatoms. The Morgan fingerprint density at radius 1 is 1.35 bits per heavy atom. The van der Waals surface area contributed by atoms with Crippen molar-refractivity contribution in [3.63, 3.8) is 0 Å². The topological polar surface area (TPSA) is 68.3 Å². The monoisotopic (exact) mass is 292 g/mol. The van der Waals surface area contributed by atoms with E-state index in [4.69, 9.17) is 20.4 Å². The molecule has 2 N–H and O–H groups in total. The average Bonchev–Trinajstić information content (AvgIpc) is 2.36. The lowest BCUT2D eigenvalue weighted by Crippen LogP contribution is -2.45. The highest BCUT2D eigenvalue weighted by Crippen LogP contribution is 2.37. The molecule has 0 aliphatic rings. The molecule has 0 saturated carbocycles. The minimum atomic E-state index is -1.93. The summed E-state index contributed by atoms with van der Waals surface area (Å²) in [5.41, 5.74) is 1.61. The van der Waals surface area contributed by atoms with E-state index in [-0.39, 0.29) is 5.04 Å². The van der Waals surface area contributed by atoms with Gasteiger partial charge in [-0.25, -0.2) is 5.90 Å². The third-order valence-corrected chi connectivity index (χ3v) is 8.31. The van der Waals surface area contributed by atoms with Gasteiger partial charge in [0.15, 0.2) is 14.6 Å².